The average molecular weight is 513 g/mol. The van der Waals surface area contributed by atoms with Gasteiger partial charge in [0.1, 0.15) is 18.4 Å². The fourth-order valence-corrected chi connectivity index (χ4v) is 8.41. The zero-order valence-electron chi connectivity index (χ0n) is 20.9. The standard InChI is InChI=1S/C27H32N2O6S/c1-16(2)19(15-30)29-22-24(32)28(17-7-9-18(34-4)10-8-17)13-5-12-27(22)20(23(29)31)21-25(33)35-14-6-11-26(21,3)36-27/h5-12,16,19-22,30H,13-15H2,1-4H3/t19-,20-,21+,22?,26-,27-/m0/s1. The van der Waals surface area contributed by atoms with Crippen molar-refractivity contribution in [2.45, 2.75) is 42.3 Å². The van der Waals surface area contributed by atoms with Gasteiger partial charge in [-0.25, -0.2) is 0 Å². The third kappa shape index (κ3) is 3.50. The molecule has 1 unspecified atom stereocenters. The van der Waals surface area contributed by atoms with Crippen LogP contribution in [0.1, 0.15) is 20.8 Å². The predicted molar refractivity (Wildman–Crippen MR) is 137 cm³/mol. The number of esters is 1. The number of nitrogens with zero attached hydrogens (tertiary/aromatic N) is 2. The Morgan fingerprint density at radius 3 is 2.47 bits per heavy atom. The van der Waals surface area contributed by atoms with E-state index in [4.69, 9.17) is 9.47 Å². The summed E-state index contributed by atoms with van der Waals surface area (Å²) in [5.41, 5.74) is 0.686. The number of rotatable bonds is 5. The largest absolute Gasteiger partial charge is 0.497 e. The summed E-state index contributed by atoms with van der Waals surface area (Å²) in [4.78, 5) is 45.1. The number of carbonyl (C=O) groups excluding carboxylic acids is 3. The smallest absolute Gasteiger partial charge is 0.311 e. The molecule has 0 saturated carbocycles. The summed E-state index contributed by atoms with van der Waals surface area (Å²) in [5, 5.41) is 10.3. The van der Waals surface area contributed by atoms with Crippen LogP contribution < -0.4 is 9.64 Å². The number of carbonyl (C=O) groups is 3. The van der Waals surface area contributed by atoms with Gasteiger partial charge in [0.05, 0.1) is 36.3 Å². The van der Waals surface area contributed by atoms with Gasteiger partial charge in [-0.15, -0.1) is 11.8 Å². The minimum atomic E-state index is -0.974. The summed E-state index contributed by atoms with van der Waals surface area (Å²) in [6.45, 7) is 6.01. The van der Waals surface area contributed by atoms with E-state index in [2.05, 4.69) is 0 Å². The highest BCUT2D eigenvalue weighted by atomic mass is 32.2. The van der Waals surface area contributed by atoms with Gasteiger partial charge in [0.15, 0.2) is 0 Å². The first-order valence-corrected chi connectivity index (χ1v) is 13.1. The predicted octanol–water partition coefficient (Wildman–Crippen LogP) is 2.42. The lowest BCUT2D eigenvalue weighted by Gasteiger charge is -2.40. The molecule has 5 rings (SSSR count). The number of likely N-dealkylation sites (tertiary alicyclic amines) is 1. The van der Waals surface area contributed by atoms with Crippen LogP contribution in [0.25, 0.3) is 0 Å². The van der Waals surface area contributed by atoms with E-state index in [1.165, 1.54) is 11.8 Å². The Labute approximate surface area is 215 Å². The van der Waals surface area contributed by atoms with Gasteiger partial charge in [-0.1, -0.05) is 32.1 Å². The molecule has 1 spiro atoms. The second kappa shape index (κ2) is 8.95. The fourth-order valence-electron chi connectivity index (χ4n) is 6.27. The number of anilines is 1. The molecule has 1 N–H and O–H groups in total. The normalized spacial score (nSPS) is 34.2. The van der Waals surface area contributed by atoms with Crippen molar-refractivity contribution in [1.29, 1.82) is 0 Å². The van der Waals surface area contributed by atoms with E-state index in [-0.39, 0.29) is 30.9 Å². The summed E-state index contributed by atoms with van der Waals surface area (Å²) in [7, 11) is 1.58. The summed E-state index contributed by atoms with van der Waals surface area (Å²) < 4.78 is 9.06. The minimum absolute atomic E-state index is 0.0957. The maximum Gasteiger partial charge on any atom is 0.311 e. The Balaban J connectivity index is 1.67. The number of cyclic esters (lactones) is 1. The molecule has 2 fully saturated rings. The lowest BCUT2D eigenvalue weighted by atomic mass is 9.75. The van der Waals surface area contributed by atoms with Crippen LogP contribution in [0.2, 0.25) is 0 Å². The van der Waals surface area contributed by atoms with Gasteiger partial charge in [0.25, 0.3) is 5.91 Å². The van der Waals surface area contributed by atoms with Gasteiger partial charge in [0.2, 0.25) is 5.91 Å². The van der Waals surface area contributed by atoms with Crippen LogP contribution in [-0.4, -0.2) is 76.2 Å². The Bertz CT molecular complexity index is 1130. The zero-order valence-corrected chi connectivity index (χ0v) is 21.7. The van der Waals surface area contributed by atoms with E-state index in [1.807, 2.05) is 57.2 Å². The van der Waals surface area contributed by atoms with Crippen molar-refractivity contribution >= 4 is 35.2 Å². The maximum atomic E-state index is 14.4. The molecule has 1 aromatic rings. The number of benzene rings is 1. The molecular formula is C27H32N2O6S. The van der Waals surface area contributed by atoms with Crippen molar-refractivity contribution in [3.63, 3.8) is 0 Å². The summed E-state index contributed by atoms with van der Waals surface area (Å²) in [6.07, 6.45) is 7.65. The van der Waals surface area contributed by atoms with Crippen molar-refractivity contribution in [2.24, 2.45) is 17.8 Å². The molecule has 2 saturated heterocycles. The van der Waals surface area contributed by atoms with Crippen LogP contribution >= 0.6 is 11.8 Å². The van der Waals surface area contributed by atoms with Crippen LogP contribution in [-0.2, 0) is 19.1 Å². The van der Waals surface area contributed by atoms with Gasteiger partial charge in [-0.05, 0) is 43.2 Å². The number of hydrogen-bond acceptors (Lipinski definition) is 7. The first-order chi connectivity index (χ1) is 17.2. The SMILES string of the molecule is COc1ccc(N2CC=C[C@]34S[C@@]5(C)C=CCOC(=O)[C@H]5[C@H]3C(=O)N([C@@H](CO)C(C)C)C4C2=O)cc1. The van der Waals surface area contributed by atoms with Crippen LogP contribution in [0.3, 0.4) is 0 Å². The third-order valence-corrected chi connectivity index (χ3v) is 9.75. The summed E-state index contributed by atoms with van der Waals surface area (Å²) in [5.74, 6) is -1.87. The Morgan fingerprint density at radius 1 is 1.11 bits per heavy atom. The molecule has 4 heterocycles. The van der Waals surface area contributed by atoms with E-state index in [0.29, 0.717) is 18.0 Å². The molecule has 8 nitrogen and oxygen atoms in total. The first kappa shape index (κ1) is 24.9. The molecule has 9 heteroatoms. The Kier molecular flexibility index (Phi) is 6.19. The van der Waals surface area contributed by atoms with Gasteiger partial charge >= 0.3 is 5.97 Å². The highest BCUT2D eigenvalue weighted by Crippen LogP contribution is 2.65. The topological polar surface area (TPSA) is 96.4 Å². The van der Waals surface area contributed by atoms with Crippen LogP contribution in [0.15, 0.2) is 48.6 Å². The maximum absolute atomic E-state index is 14.4. The highest BCUT2D eigenvalue weighted by Gasteiger charge is 2.74. The van der Waals surface area contributed by atoms with E-state index < -0.39 is 39.4 Å². The second-order valence-electron chi connectivity index (χ2n) is 10.3. The lowest BCUT2D eigenvalue weighted by molar-refractivity contribution is -0.153. The molecule has 4 aliphatic heterocycles. The minimum Gasteiger partial charge on any atom is -0.497 e. The number of hydrogen-bond donors (Lipinski definition) is 1. The van der Waals surface area contributed by atoms with E-state index >= 15 is 0 Å². The number of aliphatic hydroxyl groups is 1. The Hall–Kier alpha value is -2.78. The third-order valence-electron chi connectivity index (χ3n) is 7.95. The number of thioether (sulfide) groups is 1. The van der Waals surface area contributed by atoms with Gasteiger partial charge in [-0.3, -0.25) is 14.4 Å². The van der Waals surface area contributed by atoms with Gasteiger partial charge in [-0.2, -0.15) is 0 Å². The fraction of sp³-hybridized carbons (Fsp3) is 0.519. The highest BCUT2D eigenvalue weighted by molar-refractivity contribution is 8.02. The number of aliphatic hydroxyl groups excluding tert-OH is 1. The molecule has 0 bridgehead atoms. The molecule has 6 atom stereocenters. The zero-order chi connectivity index (χ0) is 25.8. The van der Waals surface area contributed by atoms with Gasteiger partial charge < -0.3 is 24.4 Å². The molecule has 192 valence electrons. The number of ether oxygens (including phenoxy) is 2. The molecule has 1 aromatic carbocycles. The molecule has 36 heavy (non-hydrogen) atoms. The number of amides is 2. The second-order valence-corrected chi connectivity index (χ2v) is 12.1. The van der Waals surface area contributed by atoms with E-state index in [0.717, 1.165) is 0 Å². The lowest BCUT2D eigenvalue weighted by Crippen LogP contribution is -2.58. The first-order valence-electron chi connectivity index (χ1n) is 12.3. The van der Waals surface area contributed by atoms with Crippen molar-refractivity contribution in [3.8, 4) is 5.75 Å². The molecular weight excluding hydrogens is 480 g/mol. The van der Waals surface area contributed by atoms with Crippen LogP contribution in [0.4, 0.5) is 5.69 Å². The van der Waals surface area contributed by atoms with Crippen molar-refractivity contribution in [1.82, 2.24) is 4.90 Å². The van der Waals surface area contributed by atoms with Crippen LogP contribution in [0.5, 0.6) is 5.75 Å². The van der Waals surface area contributed by atoms with Crippen molar-refractivity contribution in [2.75, 3.05) is 31.8 Å². The average Bonchev–Trinajstić information content (AvgIpc) is 3.10. The molecule has 0 aromatic heterocycles. The van der Waals surface area contributed by atoms with Gasteiger partial charge in [0, 0.05) is 17.0 Å². The summed E-state index contributed by atoms with van der Waals surface area (Å²) in [6, 6.07) is 5.78. The molecule has 2 amide bonds. The Morgan fingerprint density at radius 2 is 1.83 bits per heavy atom. The van der Waals surface area contributed by atoms with E-state index in [9.17, 15) is 19.5 Å². The number of fused-ring (bicyclic) bond motifs is 2. The molecule has 4 aliphatic rings. The quantitative estimate of drug-likeness (QED) is 0.478. The van der Waals surface area contributed by atoms with Crippen LogP contribution in [0, 0.1) is 17.8 Å². The number of methoxy groups -OCH3 is 1. The molecule has 0 aliphatic carbocycles. The van der Waals surface area contributed by atoms with Crippen molar-refractivity contribution < 1.29 is 29.0 Å². The summed E-state index contributed by atoms with van der Waals surface area (Å²) >= 11 is 1.50. The van der Waals surface area contributed by atoms with Crippen molar-refractivity contribution in [3.05, 3.63) is 48.6 Å². The monoisotopic (exact) mass is 512 g/mol. The van der Waals surface area contributed by atoms with E-state index in [1.54, 1.807) is 29.0 Å². The molecule has 0 radical (unpaired) electrons.